The van der Waals surface area contributed by atoms with Crippen LogP contribution in [-0.2, 0) is 14.3 Å². The Morgan fingerprint density at radius 2 is 1.59 bits per heavy atom. The average molecular weight is 440 g/mol. The Labute approximate surface area is 186 Å². The molecule has 0 saturated heterocycles. The van der Waals surface area contributed by atoms with Crippen molar-refractivity contribution < 1.29 is 29.3 Å². The van der Waals surface area contributed by atoms with Crippen molar-refractivity contribution in [2.24, 2.45) is 0 Å². The Hall–Kier alpha value is -3.39. The molecular weight excluding hydrogens is 412 g/mol. The first-order valence-corrected chi connectivity index (χ1v) is 10.5. The maximum absolute atomic E-state index is 12.4. The van der Waals surface area contributed by atoms with Gasteiger partial charge in [-0.2, -0.15) is 0 Å². The summed E-state index contributed by atoms with van der Waals surface area (Å²) in [5.41, 5.74) is 3.60. The van der Waals surface area contributed by atoms with Crippen LogP contribution in [0.2, 0.25) is 0 Å². The highest BCUT2D eigenvalue weighted by atomic mass is 16.5. The van der Waals surface area contributed by atoms with Gasteiger partial charge in [0.05, 0.1) is 12.5 Å². The van der Waals surface area contributed by atoms with E-state index in [-0.39, 0.29) is 25.5 Å². The van der Waals surface area contributed by atoms with Crippen LogP contribution in [0.25, 0.3) is 11.1 Å². The van der Waals surface area contributed by atoms with Crippen molar-refractivity contribution in [1.82, 2.24) is 10.6 Å². The standard InChI is InChI=1S/C24H28N2O6/c1-24(2,12-21(28)25-13-15(27)11-22(29)30)26-23(31)32-14-20-18-9-5-3-7-16(18)17-8-4-6-10-19(17)20/h3-10,15,20,27H,11-14H2,1-2H3,(H,25,28)(H,26,31)(H,29,30). The van der Waals surface area contributed by atoms with Crippen LogP contribution in [0.4, 0.5) is 4.79 Å². The minimum absolute atomic E-state index is 0.0585. The molecule has 0 aromatic heterocycles. The van der Waals surface area contributed by atoms with Crippen molar-refractivity contribution in [3.63, 3.8) is 0 Å². The minimum atomic E-state index is -1.17. The predicted molar refractivity (Wildman–Crippen MR) is 118 cm³/mol. The smallest absolute Gasteiger partial charge is 0.407 e. The number of hydrogen-bond donors (Lipinski definition) is 4. The second-order valence-corrected chi connectivity index (χ2v) is 8.57. The van der Waals surface area contributed by atoms with Gasteiger partial charge in [0.15, 0.2) is 0 Å². The number of rotatable bonds is 9. The molecule has 0 heterocycles. The van der Waals surface area contributed by atoms with Gasteiger partial charge in [0.1, 0.15) is 6.61 Å². The number of carbonyl (C=O) groups is 3. The molecule has 2 aromatic carbocycles. The molecule has 3 rings (SSSR count). The number of ether oxygens (including phenoxy) is 1. The lowest BCUT2D eigenvalue weighted by molar-refractivity contribution is -0.139. The van der Waals surface area contributed by atoms with Crippen LogP contribution in [0.1, 0.15) is 43.7 Å². The van der Waals surface area contributed by atoms with E-state index in [1.54, 1.807) is 13.8 Å². The van der Waals surface area contributed by atoms with Crippen molar-refractivity contribution in [3.05, 3.63) is 59.7 Å². The maximum Gasteiger partial charge on any atom is 0.407 e. The summed E-state index contributed by atoms with van der Waals surface area (Å²) < 4.78 is 5.51. The summed E-state index contributed by atoms with van der Waals surface area (Å²) in [6.07, 6.45) is -2.32. The first-order valence-electron chi connectivity index (χ1n) is 10.5. The van der Waals surface area contributed by atoms with Crippen LogP contribution in [0.5, 0.6) is 0 Å². The molecule has 8 heteroatoms. The molecule has 2 aromatic rings. The summed E-state index contributed by atoms with van der Waals surface area (Å²) in [7, 11) is 0. The van der Waals surface area contributed by atoms with Crippen molar-refractivity contribution in [1.29, 1.82) is 0 Å². The van der Waals surface area contributed by atoms with Crippen LogP contribution < -0.4 is 10.6 Å². The maximum atomic E-state index is 12.4. The van der Waals surface area contributed by atoms with Gasteiger partial charge in [0.25, 0.3) is 0 Å². The van der Waals surface area contributed by atoms with Crippen LogP contribution >= 0.6 is 0 Å². The normalized spacial score (nSPS) is 13.6. The number of alkyl carbamates (subject to hydrolysis) is 1. The largest absolute Gasteiger partial charge is 0.481 e. The van der Waals surface area contributed by atoms with Crippen LogP contribution in [0, 0.1) is 0 Å². The average Bonchev–Trinajstić information content (AvgIpc) is 3.03. The number of aliphatic carboxylic acids is 1. The lowest BCUT2D eigenvalue weighted by atomic mass is 9.98. The van der Waals surface area contributed by atoms with E-state index in [2.05, 4.69) is 22.8 Å². The lowest BCUT2D eigenvalue weighted by Gasteiger charge is -2.26. The Morgan fingerprint density at radius 3 is 2.16 bits per heavy atom. The van der Waals surface area contributed by atoms with E-state index in [0.29, 0.717) is 0 Å². The third-order valence-corrected chi connectivity index (χ3v) is 5.33. The topological polar surface area (TPSA) is 125 Å². The molecule has 1 unspecified atom stereocenters. The molecule has 170 valence electrons. The number of carboxylic acids is 1. The monoisotopic (exact) mass is 440 g/mol. The highest BCUT2D eigenvalue weighted by Crippen LogP contribution is 2.44. The summed E-state index contributed by atoms with van der Waals surface area (Å²) in [4.78, 5) is 35.1. The van der Waals surface area contributed by atoms with Crippen molar-refractivity contribution in [2.75, 3.05) is 13.2 Å². The molecule has 0 radical (unpaired) electrons. The highest BCUT2D eigenvalue weighted by Gasteiger charge is 2.30. The van der Waals surface area contributed by atoms with E-state index in [1.165, 1.54) is 0 Å². The molecule has 1 aliphatic rings. The van der Waals surface area contributed by atoms with E-state index in [1.807, 2.05) is 36.4 Å². The first-order chi connectivity index (χ1) is 15.2. The Morgan fingerprint density at radius 1 is 1.03 bits per heavy atom. The Kier molecular flexibility index (Phi) is 7.15. The first kappa shape index (κ1) is 23.3. The lowest BCUT2D eigenvalue weighted by Crippen LogP contribution is -2.48. The van der Waals surface area contributed by atoms with Crippen molar-refractivity contribution in [2.45, 2.75) is 44.2 Å². The van der Waals surface area contributed by atoms with Gasteiger partial charge in [0, 0.05) is 24.4 Å². The van der Waals surface area contributed by atoms with E-state index in [0.717, 1.165) is 22.3 Å². The van der Waals surface area contributed by atoms with Crippen molar-refractivity contribution >= 4 is 18.0 Å². The fourth-order valence-electron chi connectivity index (χ4n) is 3.92. The van der Waals surface area contributed by atoms with Crippen LogP contribution in [-0.4, -0.2) is 53.0 Å². The molecule has 1 aliphatic carbocycles. The van der Waals surface area contributed by atoms with Gasteiger partial charge in [-0.25, -0.2) is 4.79 Å². The Bertz CT molecular complexity index is 958. The molecule has 0 aliphatic heterocycles. The number of aliphatic hydroxyl groups is 1. The molecule has 32 heavy (non-hydrogen) atoms. The Balaban J connectivity index is 1.52. The number of carbonyl (C=O) groups excluding carboxylic acids is 2. The number of carboxylic acid groups (broad SMARTS) is 1. The van der Waals surface area contributed by atoms with Gasteiger partial charge in [-0.15, -0.1) is 0 Å². The van der Waals surface area contributed by atoms with Crippen LogP contribution in [0.15, 0.2) is 48.5 Å². The van der Waals surface area contributed by atoms with Crippen molar-refractivity contribution in [3.8, 4) is 11.1 Å². The van der Waals surface area contributed by atoms with Crippen LogP contribution in [0.3, 0.4) is 0 Å². The zero-order chi connectivity index (χ0) is 23.3. The highest BCUT2D eigenvalue weighted by molar-refractivity contribution is 5.80. The third-order valence-electron chi connectivity index (χ3n) is 5.33. The number of benzene rings is 2. The summed E-state index contributed by atoms with van der Waals surface area (Å²) in [5, 5.41) is 23.4. The number of nitrogens with one attached hydrogen (secondary N) is 2. The molecule has 0 fully saturated rings. The fraction of sp³-hybridized carbons (Fsp3) is 0.375. The summed E-state index contributed by atoms with van der Waals surface area (Å²) in [6.45, 7) is 3.36. The summed E-state index contributed by atoms with van der Waals surface area (Å²) in [6, 6.07) is 16.1. The van der Waals surface area contributed by atoms with Gasteiger partial charge < -0.3 is 25.6 Å². The fourth-order valence-corrected chi connectivity index (χ4v) is 3.92. The van der Waals surface area contributed by atoms with Gasteiger partial charge in [-0.05, 0) is 36.1 Å². The second kappa shape index (κ2) is 9.82. The van der Waals surface area contributed by atoms with Gasteiger partial charge in [0.2, 0.25) is 5.91 Å². The molecular formula is C24H28N2O6. The number of fused-ring (bicyclic) bond motifs is 3. The van der Waals surface area contributed by atoms with E-state index in [9.17, 15) is 19.5 Å². The molecule has 0 bridgehead atoms. The molecule has 1 atom stereocenters. The number of hydrogen-bond acceptors (Lipinski definition) is 5. The third kappa shape index (κ3) is 5.85. The molecule has 2 amide bonds. The molecule has 0 saturated carbocycles. The van der Waals surface area contributed by atoms with E-state index >= 15 is 0 Å². The van der Waals surface area contributed by atoms with Gasteiger partial charge >= 0.3 is 12.1 Å². The predicted octanol–water partition coefficient (Wildman–Crippen LogP) is 2.65. The SMILES string of the molecule is CC(C)(CC(=O)NCC(O)CC(=O)O)NC(=O)OCC1c2ccccc2-c2ccccc21. The van der Waals surface area contributed by atoms with Gasteiger partial charge in [-0.1, -0.05) is 48.5 Å². The second-order valence-electron chi connectivity index (χ2n) is 8.57. The summed E-state index contributed by atoms with van der Waals surface area (Å²) in [5.74, 6) is -1.63. The molecule has 8 nitrogen and oxygen atoms in total. The number of aliphatic hydroxyl groups excluding tert-OH is 1. The zero-order valence-electron chi connectivity index (χ0n) is 18.1. The summed E-state index contributed by atoms with van der Waals surface area (Å²) >= 11 is 0. The van der Waals surface area contributed by atoms with E-state index < -0.39 is 36.0 Å². The number of amides is 2. The molecule has 0 spiro atoms. The quantitative estimate of drug-likeness (QED) is 0.475. The minimum Gasteiger partial charge on any atom is -0.481 e. The zero-order valence-corrected chi connectivity index (χ0v) is 18.1. The molecule has 4 N–H and O–H groups in total. The van der Waals surface area contributed by atoms with Gasteiger partial charge in [-0.3, -0.25) is 9.59 Å². The van der Waals surface area contributed by atoms with E-state index in [4.69, 9.17) is 9.84 Å².